The molecule has 370 valence electrons. The molecule has 69 heavy (non-hydrogen) atoms. The molecule has 4 aromatic carbocycles. The molecule has 8 nitrogen and oxygen atoms in total. The van der Waals surface area contributed by atoms with E-state index in [2.05, 4.69) is 161 Å². The first kappa shape index (κ1) is 61.8. The van der Waals surface area contributed by atoms with Crippen molar-refractivity contribution in [3.8, 4) is 23.0 Å². The summed E-state index contributed by atoms with van der Waals surface area (Å²) in [7, 11) is -9.30. The minimum absolute atomic E-state index is 0. The summed E-state index contributed by atoms with van der Waals surface area (Å²) in [6.07, 6.45) is 2.73. The van der Waals surface area contributed by atoms with Crippen molar-refractivity contribution in [3.05, 3.63) is 115 Å². The second kappa shape index (κ2) is 21.4. The number of hydrogen-bond acceptors (Lipinski definition) is 8. The van der Waals surface area contributed by atoms with E-state index in [1.54, 1.807) is 0 Å². The fourth-order valence-corrected chi connectivity index (χ4v) is 12.3. The molecule has 12 heteroatoms. The third-order valence-electron chi connectivity index (χ3n) is 13.0. The maximum absolute atomic E-state index is 13.5. The Morgan fingerprint density at radius 1 is 0.478 bits per heavy atom. The Morgan fingerprint density at radius 2 is 0.812 bits per heavy atom. The van der Waals surface area contributed by atoms with Crippen LogP contribution in [0, 0.1) is 38.5 Å². The van der Waals surface area contributed by atoms with Crippen LogP contribution in [0.25, 0.3) is 0 Å². The predicted octanol–water partition coefficient (Wildman–Crippen LogP) is 9.81. The fraction of sp³-hybridized carbons (Fsp3) is 0.579. The monoisotopic (exact) mass is 1000 g/mol. The average molecular weight is 1000 g/mol. The second-order valence-corrected chi connectivity index (χ2v) is 28.2. The Hall–Kier alpha value is -1.54. The molecule has 0 N–H and O–H groups in total. The molecule has 0 fully saturated rings. The van der Waals surface area contributed by atoms with Crippen molar-refractivity contribution in [2.24, 2.45) is 10.8 Å². The summed E-state index contributed by atoms with van der Waals surface area (Å²) in [6, 6.07) is 16.7. The fourth-order valence-electron chi connectivity index (χ4n) is 10.4. The molecule has 0 amide bonds. The topological polar surface area (TPSA) is 117 Å². The smallest absolute Gasteiger partial charge is 0.736 e. The molecule has 4 aromatic rings. The molecule has 0 aliphatic carbocycles. The van der Waals surface area contributed by atoms with Gasteiger partial charge >= 0.3 is 74.8 Å². The quantitative estimate of drug-likeness (QED) is 0.147. The van der Waals surface area contributed by atoms with Crippen molar-refractivity contribution >= 4 is 15.6 Å². The van der Waals surface area contributed by atoms with Crippen LogP contribution in [0.3, 0.4) is 0 Å². The van der Waals surface area contributed by atoms with Gasteiger partial charge in [-0.05, 0) is 95.3 Å². The summed E-state index contributed by atoms with van der Waals surface area (Å²) < 4.78 is 49.3. The van der Waals surface area contributed by atoms with Gasteiger partial charge in [0.25, 0.3) is 0 Å². The standard InChI is InChI=1S/C32H49O4P.C25H35O4P.2Na/c1-14-15-22-23-16-20(29(2,3)4)18-25(31(8,9)10)27(23)35-37(33,34)36-28-24(22)17-21(30(5,6)7)19-26(28)32(11,12)13;1-15-10-17(3)22-19(12-15)21(25(8,9)14-24(5,6)7)20-13-16(2)11-18(4)23(20)29-30(26,27)28-22;;/h16-19,22H,14-15H2,1-13H3,(H,33,34);10-13,21H,14H2,1-9H3,(H,26,27);;/q;;2*+1/p-2. The molecule has 0 atom stereocenters. The van der Waals surface area contributed by atoms with Gasteiger partial charge in [0.05, 0.1) is 0 Å². The molecule has 0 spiro atoms. The Morgan fingerprint density at radius 3 is 1.10 bits per heavy atom. The zero-order chi connectivity index (χ0) is 51.0. The molecule has 0 saturated heterocycles. The zero-order valence-corrected chi connectivity index (χ0v) is 52.8. The molecule has 2 aliphatic heterocycles. The molecule has 2 aliphatic rings. The first-order chi connectivity index (χ1) is 30.2. The molecular weight excluding hydrogens is 921 g/mol. The summed E-state index contributed by atoms with van der Waals surface area (Å²) in [5.41, 5.74) is 10.6. The SMILES string of the molecule is CCCC1c2cc(C(C)(C)C)cc(C(C)(C)C)c2OP(=O)([O-])Oc2c1cc(C(C)(C)C)cc2C(C)(C)C.Cc1cc(C)c2c(c1)C(C(C)(C)CC(C)(C)C)c1cc(C)cc(C)c1OP(=O)([O-])O2.[Na+].[Na+]. The van der Waals surface area contributed by atoms with Crippen molar-refractivity contribution in [2.75, 3.05) is 0 Å². The number of hydrogen-bond donors (Lipinski definition) is 0. The number of phosphoric acid groups is 2. The summed E-state index contributed by atoms with van der Waals surface area (Å²) in [4.78, 5) is 26.3. The van der Waals surface area contributed by atoms with Crippen LogP contribution in [0.5, 0.6) is 23.0 Å². The molecule has 2 heterocycles. The molecule has 0 aromatic heterocycles. The molecule has 6 rings (SSSR count). The van der Waals surface area contributed by atoms with E-state index in [-0.39, 0.29) is 103 Å². The third-order valence-corrected chi connectivity index (χ3v) is 14.6. The Bertz CT molecular complexity index is 2460. The first-order valence-corrected chi connectivity index (χ1v) is 27.1. The first-order valence-electron chi connectivity index (χ1n) is 24.2. The minimum Gasteiger partial charge on any atom is -0.736 e. The summed E-state index contributed by atoms with van der Waals surface area (Å²) in [6.45, 7) is 47.1. The van der Waals surface area contributed by atoms with E-state index in [9.17, 15) is 18.9 Å². The van der Waals surface area contributed by atoms with Crippen LogP contribution in [0.15, 0.2) is 48.5 Å². The molecule has 0 bridgehead atoms. The van der Waals surface area contributed by atoms with Crippen LogP contribution >= 0.6 is 15.6 Å². The van der Waals surface area contributed by atoms with Crippen molar-refractivity contribution in [3.63, 3.8) is 0 Å². The summed E-state index contributed by atoms with van der Waals surface area (Å²) in [5.74, 6) is 1.51. The van der Waals surface area contributed by atoms with Gasteiger partial charge in [-0.25, -0.2) is 9.13 Å². The molecule has 0 radical (unpaired) electrons. The van der Waals surface area contributed by atoms with E-state index in [1.807, 2.05) is 39.8 Å². The van der Waals surface area contributed by atoms with Gasteiger partial charge in [-0.2, -0.15) is 0 Å². The van der Waals surface area contributed by atoms with E-state index in [0.29, 0.717) is 23.0 Å². The van der Waals surface area contributed by atoms with Crippen LogP contribution < -0.4 is 87.0 Å². The van der Waals surface area contributed by atoms with Crippen molar-refractivity contribution in [1.82, 2.24) is 0 Å². The largest absolute Gasteiger partial charge is 1.00 e. The van der Waals surface area contributed by atoms with E-state index in [4.69, 9.17) is 18.1 Å². The molecular formula is C57H82Na2O8P2. The van der Waals surface area contributed by atoms with Gasteiger partial charge in [-0.15, -0.1) is 0 Å². The maximum atomic E-state index is 13.5. The van der Waals surface area contributed by atoms with Crippen LogP contribution in [-0.4, -0.2) is 0 Å². The van der Waals surface area contributed by atoms with E-state index in [0.717, 1.165) is 74.9 Å². The van der Waals surface area contributed by atoms with Gasteiger partial charge in [0.1, 0.15) is 23.0 Å². The number of fused-ring (bicyclic) bond motifs is 4. The second-order valence-electron chi connectivity index (χ2n) is 25.6. The Balaban J connectivity index is 0.000000362. The van der Waals surface area contributed by atoms with Crippen molar-refractivity contribution < 1.29 is 96.1 Å². The average Bonchev–Trinajstić information content (AvgIpc) is 3.10. The van der Waals surface area contributed by atoms with Crippen LogP contribution in [0.4, 0.5) is 0 Å². The summed E-state index contributed by atoms with van der Waals surface area (Å²) in [5, 5.41) is 0. The van der Waals surface area contributed by atoms with Crippen molar-refractivity contribution in [2.45, 2.75) is 205 Å². The number of aryl methyl sites for hydroxylation is 4. The van der Waals surface area contributed by atoms with E-state index >= 15 is 0 Å². The van der Waals surface area contributed by atoms with Gasteiger partial charge in [-0.3, -0.25) is 0 Å². The zero-order valence-electron chi connectivity index (χ0n) is 47.1. The maximum Gasteiger partial charge on any atom is 1.00 e. The number of rotatable bonds is 4. The van der Waals surface area contributed by atoms with Gasteiger partial charge in [0.2, 0.25) is 0 Å². The molecule has 0 unspecified atom stereocenters. The predicted molar refractivity (Wildman–Crippen MR) is 274 cm³/mol. The van der Waals surface area contributed by atoms with E-state index in [1.165, 1.54) is 11.1 Å². The minimum atomic E-state index is -4.72. The third kappa shape index (κ3) is 14.6. The Labute approximate surface area is 462 Å². The number of benzene rings is 4. The normalized spacial score (nSPS) is 20.5. The number of phosphoric ester groups is 2. The van der Waals surface area contributed by atoms with Crippen molar-refractivity contribution in [1.29, 1.82) is 0 Å². The van der Waals surface area contributed by atoms with Gasteiger partial charge < -0.3 is 27.9 Å². The van der Waals surface area contributed by atoms with Crippen LogP contribution in [0.2, 0.25) is 0 Å². The molecule has 0 saturated carbocycles. The van der Waals surface area contributed by atoms with Crippen LogP contribution in [0.1, 0.15) is 222 Å². The van der Waals surface area contributed by atoms with Gasteiger partial charge in [-0.1, -0.05) is 191 Å². The van der Waals surface area contributed by atoms with Crippen LogP contribution in [-0.2, 0) is 30.8 Å². The van der Waals surface area contributed by atoms with Gasteiger partial charge in [0, 0.05) is 45.2 Å². The van der Waals surface area contributed by atoms with Gasteiger partial charge in [0.15, 0.2) is 0 Å². The Kier molecular flexibility index (Phi) is 19.1. The summed E-state index contributed by atoms with van der Waals surface area (Å²) >= 11 is 0. The van der Waals surface area contributed by atoms with E-state index < -0.39 is 15.6 Å².